The van der Waals surface area contributed by atoms with Crippen LogP contribution in [0.4, 0.5) is 0 Å². The van der Waals surface area contributed by atoms with Gasteiger partial charge in [-0.2, -0.15) is 0 Å². The maximum atomic E-state index is 12.7. The summed E-state index contributed by atoms with van der Waals surface area (Å²) in [5, 5.41) is 2.96. The van der Waals surface area contributed by atoms with Crippen LogP contribution in [0.1, 0.15) is 21.5 Å². The third-order valence-corrected chi connectivity index (χ3v) is 4.52. The van der Waals surface area contributed by atoms with Crippen LogP contribution in [0, 0.1) is 0 Å². The number of ether oxygens (including phenoxy) is 3. The van der Waals surface area contributed by atoms with Gasteiger partial charge in [-0.1, -0.05) is 48.5 Å². The Hall–Kier alpha value is -3.47. The monoisotopic (exact) mass is 391 g/mol. The molecule has 0 saturated carbocycles. The number of nitrogens with one attached hydrogen (secondary N) is 1. The second-order valence-corrected chi connectivity index (χ2v) is 6.47. The molecule has 0 heterocycles. The van der Waals surface area contributed by atoms with E-state index in [1.807, 2.05) is 66.7 Å². The van der Waals surface area contributed by atoms with Gasteiger partial charge in [0.05, 0.1) is 19.8 Å². The summed E-state index contributed by atoms with van der Waals surface area (Å²) >= 11 is 0. The molecule has 0 bridgehead atoms. The molecule has 5 heteroatoms. The van der Waals surface area contributed by atoms with E-state index in [-0.39, 0.29) is 5.91 Å². The van der Waals surface area contributed by atoms with Crippen molar-refractivity contribution in [3.05, 3.63) is 89.5 Å². The molecule has 0 radical (unpaired) electrons. The summed E-state index contributed by atoms with van der Waals surface area (Å²) in [6.45, 7) is 0.915. The minimum atomic E-state index is -0.158. The van der Waals surface area contributed by atoms with Crippen LogP contribution in [0.5, 0.6) is 17.2 Å². The van der Waals surface area contributed by atoms with E-state index in [0.717, 1.165) is 11.1 Å². The first-order valence-corrected chi connectivity index (χ1v) is 9.46. The summed E-state index contributed by atoms with van der Waals surface area (Å²) in [5.41, 5.74) is 2.63. The first-order valence-electron chi connectivity index (χ1n) is 9.46. The van der Waals surface area contributed by atoms with Crippen molar-refractivity contribution in [3.63, 3.8) is 0 Å². The van der Waals surface area contributed by atoms with Gasteiger partial charge >= 0.3 is 0 Å². The van der Waals surface area contributed by atoms with Gasteiger partial charge in [0.25, 0.3) is 5.91 Å². The average Bonchev–Trinajstić information content (AvgIpc) is 2.78. The number of amides is 1. The largest absolute Gasteiger partial charge is 0.493 e. The van der Waals surface area contributed by atoms with E-state index >= 15 is 0 Å². The van der Waals surface area contributed by atoms with Gasteiger partial charge in [-0.15, -0.1) is 0 Å². The van der Waals surface area contributed by atoms with Crippen molar-refractivity contribution in [1.29, 1.82) is 0 Å². The highest BCUT2D eigenvalue weighted by Crippen LogP contribution is 2.27. The van der Waals surface area contributed by atoms with Crippen molar-refractivity contribution in [2.75, 3.05) is 20.8 Å². The Morgan fingerprint density at radius 3 is 2.28 bits per heavy atom. The molecule has 3 rings (SSSR count). The summed E-state index contributed by atoms with van der Waals surface area (Å²) in [6, 6.07) is 22.9. The van der Waals surface area contributed by atoms with Crippen molar-refractivity contribution in [2.45, 2.75) is 13.0 Å². The van der Waals surface area contributed by atoms with E-state index in [1.54, 1.807) is 20.3 Å². The lowest BCUT2D eigenvalue weighted by Gasteiger charge is -2.12. The fraction of sp³-hybridized carbons (Fsp3) is 0.208. The molecular formula is C24H25NO4. The van der Waals surface area contributed by atoms with Gasteiger partial charge in [0, 0.05) is 6.54 Å². The molecule has 0 fully saturated rings. The third kappa shape index (κ3) is 5.51. The number of methoxy groups -OCH3 is 2. The van der Waals surface area contributed by atoms with Crippen LogP contribution < -0.4 is 19.5 Å². The maximum absolute atomic E-state index is 12.7. The zero-order valence-corrected chi connectivity index (χ0v) is 16.7. The highest BCUT2D eigenvalue weighted by molar-refractivity contribution is 5.96. The fourth-order valence-electron chi connectivity index (χ4n) is 2.97. The summed E-state index contributed by atoms with van der Waals surface area (Å²) in [7, 11) is 3.21. The molecule has 150 valence electrons. The molecule has 0 saturated heterocycles. The molecule has 0 aromatic heterocycles. The zero-order valence-electron chi connectivity index (χ0n) is 16.7. The van der Waals surface area contributed by atoms with E-state index in [1.165, 1.54) is 0 Å². The zero-order chi connectivity index (χ0) is 20.5. The topological polar surface area (TPSA) is 56.8 Å². The number of carbonyl (C=O) groups is 1. The van der Waals surface area contributed by atoms with Crippen LogP contribution in [0.3, 0.4) is 0 Å². The molecule has 0 atom stereocenters. The lowest BCUT2D eigenvalue weighted by Crippen LogP contribution is -2.26. The Bertz CT molecular complexity index is 941. The van der Waals surface area contributed by atoms with Crippen molar-refractivity contribution >= 4 is 5.91 Å². The van der Waals surface area contributed by atoms with Crippen molar-refractivity contribution < 1.29 is 19.0 Å². The Kier molecular flexibility index (Phi) is 7.11. The number of rotatable bonds is 9. The highest BCUT2D eigenvalue weighted by atomic mass is 16.5. The predicted molar refractivity (Wildman–Crippen MR) is 113 cm³/mol. The van der Waals surface area contributed by atoms with Gasteiger partial charge in [0.15, 0.2) is 11.5 Å². The van der Waals surface area contributed by atoms with Crippen molar-refractivity contribution in [2.24, 2.45) is 0 Å². The fourth-order valence-corrected chi connectivity index (χ4v) is 2.97. The second kappa shape index (κ2) is 10.2. The standard InChI is InChI=1S/C24H25NO4/c1-27-22-13-12-18(16-23(22)28-2)14-15-25-24(26)20-10-6-7-11-21(20)29-17-19-8-4-3-5-9-19/h3-13,16H,14-15,17H2,1-2H3,(H,25,26). The van der Waals surface area contributed by atoms with E-state index in [4.69, 9.17) is 14.2 Å². The third-order valence-electron chi connectivity index (χ3n) is 4.52. The number of hydrogen-bond acceptors (Lipinski definition) is 4. The predicted octanol–water partition coefficient (Wildman–Crippen LogP) is 4.26. The van der Waals surface area contributed by atoms with Crippen LogP contribution in [-0.2, 0) is 13.0 Å². The quantitative estimate of drug-likeness (QED) is 0.592. The van der Waals surface area contributed by atoms with E-state index < -0.39 is 0 Å². The van der Waals surface area contributed by atoms with Gasteiger partial charge in [-0.25, -0.2) is 0 Å². The average molecular weight is 391 g/mol. The number of benzene rings is 3. The highest BCUT2D eigenvalue weighted by Gasteiger charge is 2.12. The number of hydrogen-bond donors (Lipinski definition) is 1. The lowest BCUT2D eigenvalue weighted by molar-refractivity contribution is 0.0949. The van der Waals surface area contributed by atoms with Gasteiger partial charge in [0.1, 0.15) is 12.4 Å². The molecule has 5 nitrogen and oxygen atoms in total. The molecule has 1 amide bonds. The molecular weight excluding hydrogens is 366 g/mol. The molecule has 0 aliphatic heterocycles. The Morgan fingerprint density at radius 1 is 0.793 bits per heavy atom. The molecule has 3 aromatic rings. The summed E-state index contributed by atoms with van der Waals surface area (Å²) in [4.78, 5) is 12.7. The molecule has 0 aliphatic rings. The van der Waals surface area contributed by atoms with Gasteiger partial charge < -0.3 is 19.5 Å². The van der Waals surface area contributed by atoms with Gasteiger partial charge in [0.2, 0.25) is 0 Å². The number of para-hydroxylation sites is 1. The Labute approximate surface area is 171 Å². The van der Waals surface area contributed by atoms with E-state index in [0.29, 0.717) is 42.4 Å². The first kappa shape index (κ1) is 20.3. The minimum absolute atomic E-state index is 0.158. The maximum Gasteiger partial charge on any atom is 0.255 e. The number of carbonyl (C=O) groups excluding carboxylic acids is 1. The summed E-state index contributed by atoms with van der Waals surface area (Å²) in [5.74, 6) is 1.77. The second-order valence-electron chi connectivity index (χ2n) is 6.47. The van der Waals surface area contributed by atoms with Crippen molar-refractivity contribution in [1.82, 2.24) is 5.32 Å². The lowest BCUT2D eigenvalue weighted by atomic mass is 10.1. The van der Waals surface area contributed by atoms with E-state index in [9.17, 15) is 4.79 Å². The Morgan fingerprint density at radius 2 is 1.52 bits per heavy atom. The van der Waals surface area contributed by atoms with Crippen molar-refractivity contribution in [3.8, 4) is 17.2 Å². The Balaban J connectivity index is 1.58. The first-order chi connectivity index (χ1) is 14.2. The van der Waals surface area contributed by atoms with Crippen LogP contribution in [0.25, 0.3) is 0 Å². The summed E-state index contributed by atoms with van der Waals surface area (Å²) < 4.78 is 16.4. The van der Waals surface area contributed by atoms with Crippen LogP contribution in [-0.4, -0.2) is 26.7 Å². The van der Waals surface area contributed by atoms with Gasteiger partial charge in [-0.05, 0) is 41.8 Å². The molecule has 0 spiro atoms. The van der Waals surface area contributed by atoms with Crippen LogP contribution >= 0.6 is 0 Å². The van der Waals surface area contributed by atoms with E-state index in [2.05, 4.69) is 5.32 Å². The van der Waals surface area contributed by atoms with Crippen LogP contribution in [0.2, 0.25) is 0 Å². The molecule has 0 aliphatic carbocycles. The smallest absolute Gasteiger partial charge is 0.255 e. The molecule has 3 aromatic carbocycles. The van der Waals surface area contributed by atoms with Crippen LogP contribution in [0.15, 0.2) is 72.8 Å². The molecule has 29 heavy (non-hydrogen) atoms. The normalized spacial score (nSPS) is 10.3. The minimum Gasteiger partial charge on any atom is -0.493 e. The summed E-state index contributed by atoms with van der Waals surface area (Å²) in [6.07, 6.45) is 0.680. The van der Waals surface area contributed by atoms with Gasteiger partial charge in [-0.3, -0.25) is 4.79 Å². The SMILES string of the molecule is COc1ccc(CCNC(=O)c2ccccc2OCc2ccccc2)cc1OC. The molecule has 1 N–H and O–H groups in total. The molecule has 0 unspecified atom stereocenters.